The summed E-state index contributed by atoms with van der Waals surface area (Å²) in [5.41, 5.74) is 2.85. The van der Waals surface area contributed by atoms with Crippen LogP contribution >= 0.6 is 11.8 Å². The summed E-state index contributed by atoms with van der Waals surface area (Å²) >= 11 is 1.84. The van der Waals surface area contributed by atoms with Gasteiger partial charge < -0.3 is 5.32 Å². The van der Waals surface area contributed by atoms with Crippen molar-refractivity contribution in [2.75, 3.05) is 21.5 Å². The third kappa shape index (κ3) is 6.10. The summed E-state index contributed by atoms with van der Waals surface area (Å²) in [5.74, 6) is 1.81. The minimum absolute atomic E-state index is 0.0121. The number of carbonyl (C=O) groups excluding carboxylic acids is 1. The predicted molar refractivity (Wildman–Crippen MR) is 106 cm³/mol. The molecule has 0 heterocycles. The lowest BCUT2D eigenvalue weighted by molar-refractivity contribution is 0.102. The van der Waals surface area contributed by atoms with Gasteiger partial charge >= 0.3 is 0 Å². The van der Waals surface area contributed by atoms with E-state index in [0.29, 0.717) is 16.9 Å². The minimum Gasteiger partial charge on any atom is -0.322 e. The summed E-state index contributed by atoms with van der Waals surface area (Å²) in [5, 5.41) is 2.80. The van der Waals surface area contributed by atoms with Gasteiger partial charge in [-0.05, 0) is 54.6 Å². The molecule has 0 unspecified atom stereocenters. The summed E-state index contributed by atoms with van der Waals surface area (Å²) in [4.78, 5) is 12.3. The van der Waals surface area contributed by atoms with Crippen molar-refractivity contribution in [1.82, 2.24) is 0 Å². The first kappa shape index (κ1) is 19.3. The number of hydrogen-bond donors (Lipinski definition) is 2. The number of amides is 1. The Morgan fingerprint density at radius 3 is 2.12 bits per heavy atom. The fourth-order valence-corrected chi connectivity index (χ4v) is 3.32. The summed E-state index contributed by atoms with van der Waals surface area (Å²) in [6.45, 7) is 3.69. The second-order valence-electron chi connectivity index (χ2n) is 5.37. The van der Waals surface area contributed by atoms with Gasteiger partial charge in [-0.1, -0.05) is 19.1 Å². The van der Waals surface area contributed by atoms with E-state index in [0.717, 1.165) is 11.5 Å². The van der Waals surface area contributed by atoms with Crippen molar-refractivity contribution in [3.05, 3.63) is 59.7 Å². The Morgan fingerprint density at radius 1 is 0.960 bits per heavy atom. The van der Waals surface area contributed by atoms with E-state index in [2.05, 4.69) is 17.0 Å². The Balaban J connectivity index is 1.98. The number of carbonyl (C=O) groups is 1. The molecule has 2 aromatic carbocycles. The highest BCUT2D eigenvalue weighted by atomic mass is 32.2. The molecule has 25 heavy (non-hydrogen) atoms. The van der Waals surface area contributed by atoms with Gasteiger partial charge in [0.1, 0.15) is 0 Å². The highest BCUT2D eigenvalue weighted by Crippen LogP contribution is 2.17. The first-order valence-electron chi connectivity index (χ1n) is 8.02. The van der Waals surface area contributed by atoms with Crippen molar-refractivity contribution in [2.45, 2.75) is 19.6 Å². The third-order valence-electron chi connectivity index (χ3n) is 3.49. The molecule has 2 aromatic rings. The molecule has 0 radical (unpaired) electrons. The van der Waals surface area contributed by atoms with Gasteiger partial charge in [-0.25, -0.2) is 8.42 Å². The van der Waals surface area contributed by atoms with Crippen LogP contribution in [0.1, 0.15) is 29.8 Å². The van der Waals surface area contributed by atoms with Crippen molar-refractivity contribution >= 4 is 39.1 Å². The molecule has 0 bridgehead atoms. The average molecular weight is 379 g/mol. The van der Waals surface area contributed by atoms with Crippen molar-refractivity contribution in [2.24, 2.45) is 0 Å². The maximum atomic E-state index is 12.3. The first-order valence-corrected chi connectivity index (χ1v) is 10.8. The van der Waals surface area contributed by atoms with Gasteiger partial charge in [-0.2, -0.15) is 11.8 Å². The fourth-order valence-electron chi connectivity index (χ4n) is 2.05. The molecule has 0 aliphatic carbocycles. The molecule has 0 saturated heterocycles. The van der Waals surface area contributed by atoms with E-state index >= 15 is 0 Å². The van der Waals surface area contributed by atoms with Crippen LogP contribution in [0, 0.1) is 0 Å². The second-order valence-corrected chi connectivity index (χ2v) is 8.66. The van der Waals surface area contributed by atoms with Crippen molar-refractivity contribution in [3.8, 4) is 0 Å². The SMILES string of the molecule is CCSCc1ccc(C(=O)Nc2ccc(NS(=O)(=O)CC)cc2)cc1. The van der Waals surface area contributed by atoms with Crippen LogP contribution < -0.4 is 10.0 Å². The quantitative estimate of drug-likeness (QED) is 0.729. The Hall–Kier alpha value is -1.99. The normalized spacial score (nSPS) is 11.1. The van der Waals surface area contributed by atoms with Crippen LogP contribution in [0.4, 0.5) is 11.4 Å². The van der Waals surface area contributed by atoms with Crippen molar-refractivity contribution < 1.29 is 13.2 Å². The van der Waals surface area contributed by atoms with Gasteiger partial charge in [0.25, 0.3) is 5.91 Å². The Bertz CT molecular complexity index is 801. The molecular formula is C18H22N2O3S2. The zero-order valence-electron chi connectivity index (χ0n) is 14.3. The van der Waals surface area contributed by atoms with E-state index < -0.39 is 10.0 Å². The number of rotatable bonds is 8. The molecule has 0 aliphatic heterocycles. The largest absolute Gasteiger partial charge is 0.322 e. The number of thioether (sulfide) groups is 1. The molecule has 2 rings (SSSR count). The Kier molecular flexibility index (Phi) is 6.90. The van der Waals surface area contributed by atoms with E-state index in [4.69, 9.17) is 0 Å². The van der Waals surface area contributed by atoms with Crippen LogP contribution in [0.3, 0.4) is 0 Å². The zero-order chi connectivity index (χ0) is 18.3. The average Bonchev–Trinajstić information content (AvgIpc) is 2.62. The van der Waals surface area contributed by atoms with E-state index in [1.807, 2.05) is 36.0 Å². The predicted octanol–water partition coefficient (Wildman–Crippen LogP) is 3.95. The molecular weight excluding hydrogens is 356 g/mol. The third-order valence-corrected chi connectivity index (χ3v) is 5.74. The summed E-state index contributed by atoms with van der Waals surface area (Å²) < 4.78 is 25.5. The first-order chi connectivity index (χ1) is 11.9. The molecule has 0 saturated carbocycles. The number of nitrogens with one attached hydrogen (secondary N) is 2. The topological polar surface area (TPSA) is 75.3 Å². The smallest absolute Gasteiger partial charge is 0.255 e. The maximum absolute atomic E-state index is 12.3. The van der Waals surface area contributed by atoms with Gasteiger partial charge in [0, 0.05) is 22.7 Å². The second kappa shape index (κ2) is 8.92. The lowest BCUT2D eigenvalue weighted by Gasteiger charge is -2.09. The number of anilines is 2. The van der Waals surface area contributed by atoms with E-state index in [-0.39, 0.29) is 11.7 Å². The van der Waals surface area contributed by atoms with Gasteiger partial charge in [0.2, 0.25) is 10.0 Å². The van der Waals surface area contributed by atoms with Crippen LogP contribution in [0.25, 0.3) is 0 Å². The van der Waals surface area contributed by atoms with Crippen LogP contribution in [-0.4, -0.2) is 25.8 Å². The molecule has 0 atom stereocenters. The maximum Gasteiger partial charge on any atom is 0.255 e. The summed E-state index contributed by atoms with van der Waals surface area (Å²) in [6, 6.07) is 14.1. The van der Waals surface area contributed by atoms with Gasteiger partial charge in [-0.3, -0.25) is 9.52 Å². The lowest BCUT2D eigenvalue weighted by atomic mass is 10.1. The van der Waals surface area contributed by atoms with Crippen molar-refractivity contribution in [1.29, 1.82) is 0 Å². The van der Waals surface area contributed by atoms with E-state index in [1.54, 1.807) is 31.2 Å². The van der Waals surface area contributed by atoms with Crippen LogP contribution in [-0.2, 0) is 15.8 Å². The fraction of sp³-hybridized carbons (Fsp3) is 0.278. The standard InChI is InChI=1S/C18H22N2O3S2/c1-3-24-13-14-5-7-15(8-6-14)18(21)19-16-9-11-17(12-10-16)20-25(22,23)4-2/h5-12,20H,3-4,13H2,1-2H3,(H,19,21). The number of sulfonamides is 1. The minimum atomic E-state index is -3.30. The number of benzene rings is 2. The summed E-state index contributed by atoms with van der Waals surface area (Å²) in [6.07, 6.45) is 0. The zero-order valence-corrected chi connectivity index (χ0v) is 15.9. The van der Waals surface area contributed by atoms with Crippen molar-refractivity contribution in [3.63, 3.8) is 0 Å². The number of hydrogen-bond acceptors (Lipinski definition) is 4. The van der Waals surface area contributed by atoms with Gasteiger partial charge in [0.15, 0.2) is 0 Å². The molecule has 0 fully saturated rings. The molecule has 134 valence electrons. The van der Waals surface area contributed by atoms with Gasteiger partial charge in [-0.15, -0.1) is 0 Å². The Labute approximate surface area is 153 Å². The molecule has 0 spiro atoms. The van der Waals surface area contributed by atoms with Gasteiger partial charge in [0.05, 0.1) is 5.75 Å². The monoisotopic (exact) mass is 378 g/mol. The lowest BCUT2D eigenvalue weighted by Crippen LogP contribution is -2.15. The van der Waals surface area contributed by atoms with Crippen LogP contribution in [0.2, 0.25) is 0 Å². The van der Waals surface area contributed by atoms with Crippen LogP contribution in [0.15, 0.2) is 48.5 Å². The highest BCUT2D eigenvalue weighted by molar-refractivity contribution is 7.98. The molecule has 0 aliphatic rings. The van der Waals surface area contributed by atoms with Crippen LogP contribution in [0.5, 0.6) is 0 Å². The van der Waals surface area contributed by atoms with E-state index in [9.17, 15) is 13.2 Å². The molecule has 5 nitrogen and oxygen atoms in total. The highest BCUT2D eigenvalue weighted by Gasteiger charge is 2.08. The molecule has 2 N–H and O–H groups in total. The summed E-state index contributed by atoms with van der Waals surface area (Å²) in [7, 11) is -3.30. The molecule has 1 amide bonds. The Morgan fingerprint density at radius 2 is 1.56 bits per heavy atom. The molecule has 0 aromatic heterocycles. The molecule has 7 heteroatoms. The van der Waals surface area contributed by atoms with E-state index in [1.165, 1.54) is 5.56 Å².